The van der Waals surface area contributed by atoms with Gasteiger partial charge in [-0.15, -0.1) is 0 Å². The molecule has 1 aromatic heterocycles. The lowest BCUT2D eigenvalue weighted by Gasteiger charge is -2.11. The van der Waals surface area contributed by atoms with Crippen LogP contribution in [0.15, 0.2) is 24.5 Å². The second-order valence-electron chi connectivity index (χ2n) is 4.12. The van der Waals surface area contributed by atoms with E-state index in [0.717, 1.165) is 6.42 Å². The zero-order valence-corrected chi connectivity index (χ0v) is 10.9. The van der Waals surface area contributed by atoms with Gasteiger partial charge in [0.15, 0.2) is 0 Å². The molecular formula is C14H13FN4O. The van der Waals surface area contributed by atoms with Crippen LogP contribution in [0.3, 0.4) is 0 Å². The Balaban J connectivity index is 2.43. The Bertz CT molecular complexity index is 667. The largest absolute Gasteiger partial charge is 0.437 e. The van der Waals surface area contributed by atoms with Gasteiger partial charge in [-0.05, 0) is 18.6 Å². The highest BCUT2D eigenvalue weighted by molar-refractivity contribution is 5.49. The Morgan fingerprint density at radius 2 is 2.20 bits per heavy atom. The SMILES string of the molecule is CCCc1c(N)ncnc1Oc1cccc(F)c1C#N. The molecule has 2 rings (SSSR count). The summed E-state index contributed by atoms with van der Waals surface area (Å²) in [5, 5.41) is 8.98. The molecule has 1 aromatic carbocycles. The van der Waals surface area contributed by atoms with Crippen LogP contribution in [0.5, 0.6) is 11.6 Å². The quantitative estimate of drug-likeness (QED) is 0.925. The molecule has 0 bridgehead atoms. The minimum Gasteiger partial charge on any atom is -0.437 e. The Morgan fingerprint density at radius 1 is 1.40 bits per heavy atom. The van der Waals surface area contributed by atoms with Crippen molar-refractivity contribution >= 4 is 5.82 Å². The van der Waals surface area contributed by atoms with Crippen molar-refractivity contribution in [1.82, 2.24) is 9.97 Å². The number of aromatic nitrogens is 2. The van der Waals surface area contributed by atoms with Crippen molar-refractivity contribution < 1.29 is 9.13 Å². The maximum absolute atomic E-state index is 13.5. The van der Waals surface area contributed by atoms with Crippen LogP contribution in [0.4, 0.5) is 10.2 Å². The summed E-state index contributed by atoms with van der Waals surface area (Å²) in [6.45, 7) is 1.99. The van der Waals surface area contributed by atoms with Gasteiger partial charge in [0.25, 0.3) is 0 Å². The maximum Gasteiger partial charge on any atom is 0.227 e. The molecule has 0 radical (unpaired) electrons. The first-order valence-electron chi connectivity index (χ1n) is 6.13. The molecule has 0 fully saturated rings. The second-order valence-corrected chi connectivity index (χ2v) is 4.12. The van der Waals surface area contributed by atoms with Crippen molar-refractivity contribution in [3.63, 3.8) is 0 Å². The average Bonchev–Trinajstić information content (AvgIpc) is 2.43. The molecule has 0 aliphatic rings. The smallest absolute Gasteiger partial charge is 0.227 e. The topological polar surface area (TPSA) is 84.8 Å². The first kappa shape index (κ1) is 13.7. The second kappa shape index (κ2) is 5.97. The highest BCUT2D eigenvalue weighted by Crippen LogP contribution is 2.29. The molecule has 5 nitrogen and oxygen atoms in total. The van der Waals surface area contributed by atoms with Crippen molar-refractivity contribution in [1.29, 1.82) is 5.26 Å². The highest BCUT2D eigenvalue weighted by Gasteiger charge is 2.14. The molecule has 0 unspecified atom stereocenters. The van der Waals surface area contributed by atoms with Gasteiger partial charge in [-0.1, -0.05) is 19.4 Å². The number of rotatable bonds is 4. The summed E-state index contributed by atoms with van der Waals surface area (Å²) in [5.41, 5.74) is 6.29. The van der Waals surface area contributed by atoms with E-state index in [-0.39, 0.29) is 17.2 Å². The molecule has 0 aliphatic heterocycles. The van der Waals surface area contributed by atoms with Crippen LogP contribution in [-0.2, 0) is 6.42 Å². The molecule has 1 heterocycles. The fraction of sp³-hybridized carbons (Fsp3) is 0.214. The van der Waals surface area contributed by atoms with Crippen LogP contribution in [-0.4, -0.2) is 9.97 Å². The van der Waals surface area contributed by atoms with E-state index < -0.39 is 5.82 Å². The fourth-order valence-electron chi connectivity index (χ4n) is 1.78. The van der Waals surface area contributed by atoms with E-state index in [2.05, 4.69) is 9.97 Å². The predicted octanol–water partition coefficient (Wildman–Crippen LogP) is 2.81. The normalized spacial score (nSPS) is 10.1. The van der Waals surface area contributed by atoms with Gasteiger partial charge < -0.3 is 10.5 Å². The van der Waals surface area contributed by atoms with E-state index >= 15 is 0 Å². The Morgan fingerprint density at radius 3 is 2.90 bits per heavy atom. The van der Waals surface area contributed by atoms with E-state index in [4.69, 9.17) is 15.7 Å². The van der Waals surface area contributed by atoms with Gasteiger partial charge in [-0.3, -0.25) is 0 Å². The molecule has 2 aromatic rings. The lowest BCUT2D eigenvalue weighted by atomic mass is 10.1. The average molecular weight is 272 g/mol. The number of benzene rings is 1. The van der Waals surface area contributed by atoms with E-state index in [1.165, 1.54) is 24.5 Å². The molecule has 102 valence electrons. The number of nitrogen functional groups attached to an aromatic ring is 1. The third-order valence-electron chi connectivity index (χ3n) is 2.73. The summed E-state index contributed by atoms with van der Waals surface area (Å²) >= 11 is 0. The zero-order valence-electron chi connectivity index (χ0n) is 10.9. The Hall–Kier alpha value is -2.68. The van der Waals surface area contributed by atoms with Crippen molar-refractivity contribution in [2.24, 2.45) is 0 Å². The number of nitriles is 1. The molecule has 2 N–H and O–H groups in total. The van der Waals surface area contributed by atoms with E-state index in [1.807, 2.05) is 6.92 Å². The van der Waals surface area contributed by atoms with Gasteiger partial charge in [0.05, 0.1) is 5.56 Å². The number of hydrogen-bond donors (Lipinski definition) is 1. The number of hydrogen-bond acceptors (Lipinski definition) is 5. The van der Waals surface area contributed by atoms with Crippen LogP contribution in [0.1, 0.15) is 24.5 Å². The molecule has 20 heavy (non-hydrogen) atoms. The monoisotopic (exact) mass is 272 g/mol. The summed E-state index contributed by atoms with van der Waals surface area (Å²) in [4.78, 5) is 7.92. The van der Waals surface area contributed by atoms with Crippen molar-refractivity contribution in [3.05, 3.63) is 41.5 Å². The minimum absolute atomic E-state index is 0.114. The lowest BCUT2D eigenvalue weighted by molar-refractivity contribution is 0.448. The third-order valence-corrected chi connectivity index (χ3v) is 2.73. The Kier molecular flexibility index (Phi) is 4.11. The molecular weight excluding hydrogens is 259 g/mol. The maximum atomic E-state index is 13.5. The summed E-state index contributed by atoms with van der Waals surface area (Å²) < 4.78 is 19.1. The van der Waals surface area contributed by atoms with E-state index in [0.29, 0.717) is 17.8 Å². The zero-order chi connectivity index (χ0) is 14.5. The lowest BCUT2D eigenvalue weighted by Crippen LogP contribution is -2.03. The first-order chi connectivity index (χ1) is 9.67. The van der Waals surface area contributed by atoms with Crippen LogP contribution in [0.25, 0.3) is 0 Å². The molecule has 6 heteroatoms. The van der Waals surface area contributed by atoms with Crippen molar-refractivity contribution in [2.75, 3.05) is 5.73 Å². The third kappa shape index (κ3) is 2.67. The van der Waals surface area contributed by atoms with Gasteiger partial charge in [-0.2, -0.15) is 5.26 Å². The van der Waals surface area contributed by atoms with Crippen LogP contribution >= 0.6 is 0 Å². The van der Waals surface area contributed by atoms with Crippen molar-refractivity contribution in [3.8, 4) is 17.7 Å². The van der Waals surface area contributed by atoms with Crippen molar-refractivity contribution in [2.45, 2.75) is 19.8 Å². The molecule has 0 atom stereocenters. The van der Waals surface area contributed by atoms with Crippen LogP contribution in [0, 0.1) is 17.1 Å². The summed E-state index contributed by atoms with van der Waals surface area (Å²) in [7, 11) is 0. The van der Waals surface area contributed by atoms with E-state index in [1.54, 1.807) is 6.07 Å². The first-order valence-corrected chi connectivity index (χ1v) is 6.13. The molecule has 0 amide bonds. The summed E-state index contributed by atoms with van der Waals surface area (Å²) in [5.74, 6) is 0.0558. The molecule has 0 spiro atoms. The highest BCUT2D eigenvalue weighted by atomic mass is 19.1. The molecule has 0 aliphatic carbocycles. The predicted molar refractivity (Wildman–Crippen MR) is 71.6 cm³/mol. The molecule has 0 saturated carbocycles. The van der Waals surface area contributed by atoms with Gasteiger partial charge in [0.1, 0.15) is 35.3 Å². The van der Waals surface area contributed by atoms with Gasteiger partial charge >= 0.3 is 0 Å². The minimum atomic E-state index is -0.635. The van der Waals surface area contributed by atoms with Gasteiger partial charge in [0.2, 0.25) is 5.88 Å². The number of halogens is 1. The number of anilines is 1. The molecule has 0 saturated heterocycles. The fourth-order valence-corrected chi connectivity index (χ4v) is 1.78. The number of nitrogens with two attached hydrogens (primary N) is 1. The van der Waals surface area contributed by atoms with Gasteiger partial charge in [-0.25, -0.2) is 14.4 Å². The number of nitrogens with zero attached hydrogens (tertiary/aromatic N) is 3. The summed E-state index contributed by atoms with van der Waals surface area (Å²) in [6.07, 6.45) is 2.75. The summed E-state index contributed by atoms with van der Waals surface area (Å²) in [6, 6.07) is 5.95. The Labute approximate surface area is 115 Å². The van der Waals surface area contributed by atoms with Crippen LogP contribution < -0.4 is 10.5 Å². The van der Waals surface area contributed by atoms with E-state index in [9.17, 15) is 4.39 Å². The van der Waals surface area contributed by atoms with Gasteiger partial charge in [0, 0.05) is 0 Å². The standard InChI is InChI=1S/C14H13FN4O/c1-2-4-9-13(17)18-8-19-14(9)20-12-6-3-5-11(15)10(12)7-16/h3,5-6,8H,2,4H2,1H3,(H2,17,18,19). The number of ether oxygens (including phenoxy) is 1. The van der Waals surface area contributed by atoms with Crippen LogP contribution in [0.2, 0.25) is 0 Å².